The van der Waals surface area contributed by atoms with Crippen molar-refractivity contribution < 1.29 is 14.6 Å². The Bertz CT molecular complexity index is 492. The Hall–Kier alpha value is -1.20. The summed E-state index contributed by atoms with van der Waals surface area (Å²) in [5.41, 5.74) is 1.75. The van der Waals surface area contributed by atoms with Crippen molar-refractivity contribution in [2.45, 2.75) is 32.3 Å². The highest BCUT2D eigenvalue weighted by Crippen LogP contribution is 2.40. The summed E-state index contributed by atoms with van der Waals surface area (Å²) in [6, 6.07) is 5.77. The number of fused-ring (bicyclic) bond motifs is 1. The molecule has 0 spiro atoms. The predicted octanol–water partition coefficient (Wildman–Crippen LogP) is 2.42. The summed E-state index contributed by atoms with van der Waals surface area (Å²) in [6.45, 7) is 5.01. The lowest BCUT2D eigenvalue weighted by atomic mass is 9.97. The van der Waals surface area contributed by atoms with E-state index in [0.717, 1.165) is 29.2 Å². The highest BCUT2D eigenvalue weighted by molar-refractivity contribution is 7.99. The molecule has 0 fully saturated rings. The molecule has 4 nitrogen and oxygen atoms in total. The molecule has 2 N–H and O–H groups in total. The van der Waals surface area contributed by atoms with Gasteiger partial charge >= 0.3 is 0 Å². The van der Waals surface area contributed by atoms with E-state index < -0.39 is 0 Å². The molecule has 0 saturated heterocycles. The molecular formula is C16H23NO3S. The molecule has 0 saturated carbocycles. The number of hydrogen-bond acceptors (Lipinski definition) is 4. The van der Waals surface area contributed by atoms with Crippen LogP contribution < -0.4 is 10.1 Å². The second-order valence-electron chi connectivity index (χ2n) is 5.28. The van der Waals surface area contributed by atoms with Crippen LogP contribution in [0.15, 0.2) is 18.2 Å². The van der Waals surface area contributed by atoms with Gasteiger partial charge in [-0.1, -0.05) is 19.1 Å². The van der Waals surface area contributed by atoms with E-state index in [9.17, 15) is 4.79 Å². The lowest BCUT2D eigenvalue weighted by molar-refractivity contribution is 0.0951. The average molecular weight is 309 g/mol. The molecular weight excluding hydrogens is 286 g/mol. The van der Waals surface area contributed by atoms with Gasteiger partial charge in [-0.05, 0) is 25.2 Å². The molecule has 1 aromatic carbocycles. The van der Waals surface area contributed by atoms with Crippen LogP contribution in [0.4, 0.5) is 0 Å². The Balaban J connectivity index is 1.89. The lowest BCUT2D eigenvalue weighted by Gasteiger charge is -2.10. The molecule has 2 atom stereocenters. The predicted molar refractivity (Wildman–Crippen MR) is 86.3 cm³/mol. The average Bonchev–Trinajstić information content (AvgIpc) is 2.78. The number of thioether (sulfide) groups is 1. The molecule has 0 bridgehead atoms. The minimum Gasteiger partial charge on any atom is -0.489 e. The van der Waals surface area contributed by atoms with Crippen molar-refractivity contribution >= 4 is 17.7 Å². The molecule has 0 aliphatic carbocycles. The molecule has 1 aliphatic rings. The molecule has 1 amide bonds. The molecule has 2 unspecified atom stereocenters. The van der Waals surface area contributed by atoms with Crippen LogP contribution in [0.1, 0.15) is 42.1 Å². The zero-order valence-corrected chi connectivity index (χ0v) is 13.4. The van der Waals surface area contributed by atoms with E-state index in [1.807, 2.05) is 25.1 Å². The summed E-state index contributed by atoms with van der Waals surface area (Å²) < 4.78 is 5.84. The minimum absolute atomic E-state index is 0.0732. The maximum Gasteiger partial charge on any atom is 0.255 e. The first-order valence-electron chi connectivity index (χ1n) is 7.41. The summed E-state index contributed by atoms with van der Waals surface area (Å²) in [5, 5.41) is 11.6. The first kappa shape index (κ1) is 16.2. The minimum atomic E-state index is -0.0732. The number of carbonyl (C=O) groups excluding carboxylic acids is 1. The number of benzene rings is 1. The van der Waals surface area contributed by atoms with Crippen LogP contribution in [0.5, 0.6) is 5.75 Å². The molecule has 2 rings (SSSR count). The van der Waals surface area contributed by atoms with E-state index in [2.05, 4.69) is 12.2 Å². The fraction of sp³-hybridized carbons (Fsp3) is 0.562. The molecule has 0 aromatic heterocycles. The maximum absolute atomic E-state index is 12.3. The Morgan fingerprint density at radius 1 is 1.38 bits per heavy atom. The zero-order valence-electron chi connectivity index (χ0n) is 12.6. The summed E-state index contributed by atoms with van der Waals surface area (Å²) in [5.74, 6) is 2.76. The van der Waals surface area contributed by atoms with Crippen LogP contribution >= 0.6 is 11.8 Å². The number of rotatable bonds is 7. The molecule has 0 radical (unpaired) electrons. The van der Waals surface area contributed by atoms with Crippen molar-refractivity contribution in [3.8, 4) is 5.75 Å². The maximum atomic E-state index is 12.3. The lowest BCUT2D eigenvalue weighted by Crippen LogP contribution is -2.26. The van der Waals surface area contributed by atoms with Gasteiger partial charge in [0.05, 0.1) is 5.56 Å². The van der Waals surface area contributed by atoms with Gasteiger partial charge in [0.2, 0.25) is 0 Å². The van der Waals surface area contributed by atoms with E-state index in [1.165, 1.54) is 0 Å². The number of amides is 1. The standard InChI is InChI=1S/C16H23NO3S/c1-11-12(2)20-15-13(11)5-3-6-14(15)16(19)17-7-10-21-9-4-8-18/h3,5-6,11-12,18H,4,7-10H2,1-2H3,(H,17,19). The number of nitrogens with one attached hydrogen (secondary N) is 1. The van der Waals surface area contributed by atoms with Crippen molar-refractivity contribution in [2.24, 2.45) is 0 Å². The molecule has 1 heterocycles. The van der Waals surface area contributed by atoms with Crippen molar-refractivity contribution in [3.05, 3.63) is 29.3 Å². The van der Waals surface area contributed by atoms with Gasteiger partial charge in [0, 0.05) is 30.4 Å². The van der Waals surface area contributed by atoms with E-state index >= 15 is 0 Å². The van der Waals surface area contributed by atoms with Crippen molar-refractivity contribution in [1.29, 1.82) is 0 Å². The Morgan fingerprint density at radius 2 is 2.19 bits per heavy atom. The fourth-order valence-electron chi connectivity index (χ4n) is 2.37. The smallest absolute Gasteiger partial charge is 0.255 e. The van der Waals surface area contributed by atoms with Crippen LogP contribution in [0.3, 0.4) is 0 Å². The number of aliphatic hydroxyl groups excluding tert-OH is 1. The number of para-hydroxylation sites is 1. The van der Waals surface area contributed by atoms with Gasteiger partial charge in [0.25, 0.3) is 5.91 Å². The van der Waals surface area contributed by atoms with Gasteiger partial charge in [0.15, 0.2) is 0 Å². The third kappa shape index (κ3) is 3.92. The molecule has 1 aromatic rings. The Kier molecular flexibility index (Phi) is 5.94. The van der Waals surface area contributed by atoms with Crippen LogP contribution in [-0.2, 0) is 0 Å². The molecule has 21 heavy (non-hydrogen) atoms. The monoisotopic (exact) mass is 309 g/mol. The summed E-state index contributed by atoms with van der Waals surface area (Å²) in [4.78, 5) is 12.3. The second kappa shape index (κ2) is 7.71. The fourth-order valence-corrected chi connectivity index (χ4v) is 3.15. The van der Waals surface area contributed by atoms with Gasteiger partial charge in [-0.2, -0.15) is 11.8 Å². The molecule has 116 valence electrons. The van der Waals surface area contributed by atoms with Gasteiger partial charge in [-0.3, -0.25) is 4.79 Å². The number of ether oxygens (including phenoxy) is 1. The normalized spacial score (nSPS) is 20.0. The first-order chi connectivity index (χ1) is 10.1. The van der Waals surface area contributed by atoms with Crippen LogP contribution in [0.2, 0.25) is 0 Å². The summed E-state index contributed by atoms with van der Waals surface area (Å²) in [7, 11) is 0. The van der Waals surface area contributed by atoms with E-state index in [0.29, 0.717) is 18.0 Å². The van der Waals surface area contributed by atoms with E-state index in [1.54, 1.807) is 11.8 Å². The molecule has 1 aliphatic heterocycles. The third-order valence-corrected chi connectivity index (χ3v) is 4.84. The SMILES string of the molecule is CC1Oc2c(C(=O)NCCSCCCO)cccc2C1C. The van der Waals surface area contributed by atoms with Gasteiger partial charge in [-0.25, -0.2) is 0 Å². The summed E-state index contributed by atoms with van der Waals surface area (Å²) in [6.07, 6.45) is 0.914. The molecule has 5 heteroatoms. The van der Waals surface area contributed by atoms with Gasteiger partial charge in [-0.15, -0.1) is 0 Å². The van der Waals surface area contributed by atoms with Gasteiger partial charge in [0.1, 0.15) is 11.9 Å². The van der Waals surface area contributed by atoms with E-state index in [-0.39, 0.29) is 18.6 Å². The van der Waals surface area contributed by atoms with E-state index in [4.69, 9.17) is 9.84 Å². The van der Waals surface area contributed by atoms with Crippen molar-refractivity contribution in [3.63, 3.8) is 0 Å². The third-order valence-electron chi connectivity index (χ3n) is 3.77. The number of hydrogen-bond donors (Lipinski definition) is 2. The second-order valence-corrected chi connectivity index (χ2v) is 6.51. The Labute approximate surface area is 130 Å². The van der Waals surface area contributed by atoms with Crippen LogP contribution in [0, 0.1) is 0 Å². The summed E-state index contributed by atoms with van der Waals surface area (Å²) >= 11 is 1.74. The quantitative estimate of drug-likeness (QED) is 0.760. The highest BCUT2D eigenvalue weighted by Gasteiger charge is 2.30. The van der Waals surface area contributed by atoms with Gasteiger partial charge < -0.3 is 15.2 Å². The topological polar surface area (TPSA) is 58.6 Å². The number of aliphatic hydroxyl groups is 1. The first-order valence-corrected chi connectivity index (χ1v) is 8.57. The largest absolute Gasteiger partial charge is 0.489 e. The van der Waals surface area contributed by atoms with Crippen LogP contribution in [0.25, 0.3) is 0 Å². The van der Waals surface area contributed by atoms with Crippen molar-refractivity contribution in [2.75, 3.05) is 24.7 Å². The Morgan fingerprint density at radius 3 is 2.95 bits per heavy atom. The zero-order chi connectivity index (χ0) is 15.2. The highest BCUT2D eigenvalue weighted by atomic mass is 32.2. The van der Waals surface area contributed by atoms with Crippen molar-refractivity contribution in [1.82, 2.24) is 5.32 Å². The van der Waals surface area contributed by atoms with Crippen LogP contribution in [-0.4, -0.2) is 41.8 Å². The number of carbonyl (C=O) groups is 1.